The highest BCUT2D eigenvalue weighted by Crippen LogP contribution is 2.42. The number of anilines is 1. The largest absolute Gasteiger partial charge is 0.488 e. The van der Waals surface area contributed by atoms with E-state index < -0.39 is 0 Å². The minimum absolute atomic E-state index is 0.168. The molecule has 0 saturated heterocycles. The lowest BCUT2D eigenvalue weighted by Crippen LogP contribution is -2.27. The molecule has 7 heteroatoms. The lowest BCUT2D eigenvalue weighted by Gasteiger charge is -2.25. The normalized spacial score (nSPS) is 22.0. The maximum absolute atomic E-state index is 13.1. The zero-order valence-corrected chi connectivity index (χ0v) is 17.5. The number of ether oxygens (including phenoxy) is 2. The van der Waals surface area contributed by atoms with E-state index in [0.29, 0.717) is 29.4 Å². The molecule has 30 heavy (non-hydrogen) atoms. The molecule has 158 valence electrons. The number of rotatable bonds is 4. The molecule has 0 bridgehead atoms. The maximum Gasteiger partial charge on any atom is 0.256 e. The Morgan fingerprint density at radius 3 is 2.97 bits per heavy atom. The predicted octanol–water partition coefficient (Wildman–Crippen LogP) is 3.68. The van der Waals surface area contributed by atoms with Gasteiger partial charge in [-0.25, -0.2) is 10.4 Å². The number of carbonyl (C=O) groups is 1. The number of hydrazine groups is 1. The molecule has 1 aromatic rings. The summed E-state index contributed by atoms with van der Waals surface area (Å²) in [7, 11) is 0. The second-order valence-corrected chi connectivity index (χ2v) is 8.95. The molecule has 3 aliphatic heterocycles. The van der Waals surface area contributed by atoms with E-state index in [0.717, 1.165) is 30.6 Å². The van der Waals surface area contributed by atoms with E-state index in [4.69, 9.17) is 9.47 Å². The van der Waals surface area contributed by atoms with Gasteiger partial charge in [0, 0.05) is 37.0 Å². The zero-order valence-electron chi connectivity index (χ0n) is 17.5. The monoisotopic (exact) mass is 408 g/mol. The molecule has 0 aromatic heterocycles. The molecule has 1 saturated carbocycles. The topological polar surface area (TPSA) is 75.2 Å². The van der Waals surface area contributed by atoms with Crippen LogP contribution in [0.4, 0.5) is 5.69 Å². The van der Waals surface area contributed by atoms with Crippen LogP contribution in [0.25, 0.3) is 0 Å². The predicted molar refractivity (Wildman–Crippen MR) is 115 cm³/mol. The fourth-order valence-corrected chi connectivity index (χ4v) is 4.53. The fourth-order valence-electron chi connectivity index (χ4n) is 4.53. The molecule has 1 amide bonds. The summed E-state index contributed by atoms with van der Waals surface area (Å²) in [4.78, 5) is 17.5. The molecule has 0 spiro atoms. The summed E-state index contributed by atoms with van der Waals surface area (Å²) in [6, 6.07) is 3.96. The van der Waals surface area contributed by atoms with Gasteiger partial charge >= 0.3 is 0 Å². The van der Waals surface area contributed by atoms with Gasteiger partial charge < -0.3 is 14.8 Å². The second-order valence-electron chi connectivity index (χ2n) is 8.95. The van der Waals surface area contributed by atoms with Crippen molar-refractivity contribution >= 4 is 17.8 Å². The van der Waals surface area contributed by atoms with Gasteiger partial charge in [0.15, 0.2) is 5.82 Å². The van der Waals surface area contributed by atoms with Crippen molar-refractivity contribution in [3.05, 3.63) is 41.4 Å². The molecule has 4 aliphatic rings. The van der Waals surface area contributed by atoms with Crippen molar-refractivity contribution in [3.63, 3.8) is 0 Å². The van der Waals surface area contributed by atoms with E-state index >= 15 is 0 Å². The Morgan fingerprint density at radius 1 is 1.30 bits per heavy atom. The van der Waals surface area contributed by atoms with Crippen LogP contribution in [0.2, 0.25) is 0 Å². The Bertz CT molecular complexity index is 957. The van der Waals surface area contributed by atoms with Crippen molar-refractivity contribution in [1.82, 2.24) is 10.4 Å². The highest BCUT2D eigenvalue weighted by atomic mass is 16.5. The van der Waals surface area contributed by atoms with Crippen molar-refractivity contribution in [2.24, 2.45) is 4.99 Å². The van der Waals surface area contributed by atoms with Crippen LogP contribution >= 0.6 is 0 Å². The van der Waals surface area contributed by atoms with Crippen molar-refractivity contribution in [2.45, 2.75) is 64.1 Å². The van der Waals surface area contributed by atoms with Crippen LogP contribution in [0.3, 0.4) is 0 Å². The van der Waals surface area contributed by atoms with Crippen LogP contribution in [0.1, 0.15) is 51.5 Å². The Morgan fingerprint density at radius 2 is 2.13 bits per heavy atom. The number of carbonyl (C=O) groups excluding carboxylic acids is 1. The lowest BCUT2D eigenvalue weighted by molar-refractivity contribution is -0.112. The molecule has 0 radical (unpaired) electrons. The summed E-state index contributed by atoms with van der Waals surface area (Å²) in [6.07, 6.45) is 12.1. The first-order chi connectivity index (χ1) is 14.5. The van der Waals surface area contributed by atoms with E-state index in [-0.39, 0.29) is 17.6 Å². The number of benzene rings is 1. The van der Waals surface area contributed by atoms with E-state index in [1.54, 1.807) is 11.2 Å². The third-order valence-electron chi connectivity index (χ3n) is 5.98. The quantitative estimate of drug-likeness (QED) is 0.795. The molecule has 0 unspecified atom stereocenters. The number of nitrogens with one attached hydrogen (secondary N) is 2. The van der Waals surface area contributed by atoms with Crippen molar-refractivity contribution in [3.8, 4) is 11.5 Å². The number of hydrogen-bond donors (Lipinski definition) is 2. The molecule has 5 rings (SSSR count). The fraction of sp³-hybridized carbons (Fsp3) is 0.478. The first-order valence-corrected chi connectivity index (χ1v) is 10.8. The lowest BCUT2D eigenvalue weighted by atomic mass is 9.97. The summed E-state index contributed by atoms with van der Waals surface area (Å²) in [6.45, 7) is 4.59. The van der Waals surface area contributed by atoms with Crippen molar-refractivity contribution in [1.29, 1.82) is 0 Å². The van der Waals surface area contributed by atoms with E-state index in [9.17, 15) is 4.79 Å². The van der Waals surface area contributed by atoms with Crippen LogP contribution < -0.4 is 20.2 Å². The van der Waals surface area contributed by atoms with Gasteiger partial charge in [-0.05, 0) is 51.7 Å². The van der Waals surface area contributed by atoms with Gasteiger partial charge in [-0.1, -0.05) is 6.42 Å². The van der Waals surface area contributed by atoms with Gasteiger partial charge in [-0.2, -0.15) is 0 Å². The van der Waals surface area contributed by atoms with Crippen molar-refractivity contribution in [2.75, 3.05) is 11.9 Å². The Hall–Kier alpha value is -2.80. The van der Waals surface area contributed by atoms with Gasteiger partial charge in [0.1, 0.15) is 17.1 Å². The average molecular weight is 409 g/mol. The van der Waals surface area contributed by atoms with Crippen LogP contribution in [0.15, 0.2) is 40.8 Å². The van der Waals surface area contributed by atoms with E-state index in [1.807, 2.05) is 24.4 Å². The van der Waals surface area contributed by atoms with Gasteiger partial charge in [-0.3, -0.25) is 9.80 Å². The Labute approximate surface area is 176 Å². The van der Waals surface area contributed by atoms with Gasteiger partial charge in [0.25, 0.3) is 5.91 Å². The van der Waals surface area contributed by atoms with Crippen LogP contribution in [0.5, 0.6) is 11.5 Å². The third kappa shape index (κ3) is 3.69. The third-order valence-corrected chi connectivity index (χ3v) is 5.98. The molecular weight excluding hydrogens is 380 g/mol. The first kappa shape index (κ1) is 19.2. The standard InChI is InChI=1S/C23H28N4O3/c1-23(2)13-15-11-18(20(12-19(15)30-23)29-16-7-4-3-5-8-16)26-22(28)17-14-25-27-10-6-9-24-21(17)27/h6,9-12,16,25H,3-5,7-8,13-14H2,1-2H3,(H,26,28). The smallest absolute Gasteiger partial charge is 0.256 e. The number of amides is 1. The van der Waals surface area contributed by atoms with Gasteiger partial charge in [-0.15, -0.1) is 0 Å². The molecule has 7 nitrogen and oxygen atoms in total. The minimum Gasteiger partial charge on any atom is -0.488 e. The molecule has 1 fully saturated rings. The number of hydrogen-bond acceptors (Lipinski definition) is 6. The second kappa shape index (κ2) is 7.47. The SMILES string of the molecule is CC1(C)Cc2cc(NC(=O)C3=C4N=CC=CN4NC3)c(OC3CCCCC3)cc2O1. The van der Waals surface area contributed by atoms with E-state index in [2.05, 4.69) is 29.6 Å². The number of nitrogens with zero attached hydrogens (tertiary/aromatic N) is 2. The van der Waals surface area contributed by atoms with Gasteiger partial charge in [0.05, 0.1) is 17.4 Å². The number of fused-ring (bicyclic) bond motifs is 2. The Balaban J connectivity index is 1.43. The van der Waals surface area contributed by atoms with Crippen molar-refractivity contribution < 1.29 is 14.3 Å². The molecule has 2 N–H and O–H groups in total. The maximum atomic E-state index is 13.1. The first-order valence-electron chi connectivity index (χ1n) is 10.8. The van der Waals surface area contributed by atoms with Crippen LogP contribution in [-0.2, 0) is 11.2 Å². The number of allylic oxidation sites excluding steroid dienone is 1. The highest BCUT2D eigenvalue weighted by Gasteiger charge is 2.33. The van der Waals surface area contributed by atoms with Gasteiger partial charge in [0.2, 0.25) is 0 Å². The summed E-state index contributed by atoms with van der Waals surface area (Å²) >= 11 is 0. The number of aliphatic imine (C=N–C) groups is 1. The minimum atomic E-state index is -0.253. The summed E-state index contributed by atoms with van der Waals surface area (Å²) in [5, 5.41) is 4.86. The molecule has 3 heterocycles. The summed E-state index contributed by atoms with van der Waals surface area (Å²) < 4.78 is 12.5. The summed E-state index contributed by atoms with van der Waals surface area (Å²) in [5.74, 6) is 2.00. The molecular formula is C23H28N4O3. The zero-order chi connectivity index (χ0) is 20.7. The molecule has 1 aliphatic carbocycles. The summed E-state index contributed by atoms with van der Waals surface area (Å²) in [5.41, 5.74) is 5.30. The molecule has 0 atom stereocenters. The molecule has 1 aromatic carbocycles. The highest BCUT2D eigenvalue weighted by molar-refractivity contribution is 6.06. The van der Waals surface area contributed by atoms with E-state index in [1.165, 1.54) is 19.3 Å². The van der Waals surface area contributed by atoms with Crippen LogP contribution in [-0.4, -0.2) is 35.4 Å². The Kier molecular flexibility index (Phi) is 4.77. The average Bonchev–Trinajstić information content (AvgIpc) is 3.28. The van der Waals surface area contributed by atoms with Crippen LogP contribution in [0, 0.1) is 0 Å².